The molecule has 0 amide bonds. The molecule has 1 aliphatic rings. The first-order chi connectivity index (χ1) is 11.2. The molecule has 1 aromatic carbocycles. The van der Waals surface area contributed by atoms with E-state index < -0.39 is 26.7 Å². The average molecular weight is 351 g/mol. The zero-order chi connectivity index (χ0) is 18.0. The van der Waals surface area contributed by atoms with Crippen LogP contribution in [0.15, 0.2) is 35.5 Å². The van der Waals surface area contributed by atoms with Gasteiger partial charge in [0.05, 0.1) is 5.71 Å². The maximum absolute atomic E-state index is 11.9. The molecule has 2 atom stereocenters. The highest BCUT2D eigenvalue weighted by Crippen LogP contribution is 2.29. The molecule has 1 unspecified atom stereocenters. The summed E-state index contributed by atoms with van der Waals surface area (Å²) in [6, 6.07) is 7.71. The third-order valence-corrected chi connectivity index (χ3v) is 6.20. The van der Waals surface area contributed by atoms with Crippen LogP contribution in [0.4, 0.5) is 0 Å². The van der Waals surface area contributed by atoms with Crippen LogP contribution in [0, 0.1) is 0 Å². The van der Waals surface area contributed by atoms with Crippen molar-refractivity contribution in [2.75, 3.05) is 6.26 Å². The van der Waals surface area contributed by atoms with Crippen molar-refractivity contribution >= 4 is 27.6 Å². The zero-order valence-corrected chi connectivity index (χ0v) is 14.7. The molecule has 1 heterocycles. The van der Waals surface area contributed by atoms with Gasteiger partial charge < -0.3 is 9.94 Å². The van der Waals surface area contributed by atoms with Gasteiger partial charge in [-0.25, -0.2) is 8.42 Å². The maximum atomic E-state index is 11.9. The van der Waals surface area contributed by atoms with Gasteiger partial charge in [-0.3, -0.25) is 4.79 Å². The van der Waals surface area contributed by atoms with Crippen LogP contribution in [0.3, 0.4) is 0 Å². The number of oxime groups is 1. The third kappa shape index (κ3) is 3.67. The Kier molecular flexibility index (Phi) is 5.13. The fraction of sp³-hybridized carbons (Fsp3) is 0.412. The molecule has 0 radical (unpaired) electrons. The summed E-state index contributed by atoms with van der Waals surface area (Å²) >= 11 is 0. The minimum atomic E-state index is -3.78. The monoisotopic (exact) mass is 351 g/mol. The standard InChI is InChI=1S/C17H21NO5S/c1-4-5-12-6-8-13(9-7-12)15-10-14(23-18-15)11-17(2,16(19)20)24(3,21)22/h4-9,14H,10-11H2,1-3H3,(H,19,20)/t14-,17?/m1/s1. The Bertz CT molecular complexity index is 780. The summed E-state index contributed by atoms with van der Waals surface area (Å²) < 4.78 is 21.8. The van der Waals surface area contributed by atoms with Gasteiger partial charge in [0.2, 0.25) is 0 Å². The number of rotatable bonds is 6. The predicted octanol–water partition coefficient (Wildman–Crippen LogP) is 2.49. The highest BCUT2D eigenvalue weighted by molar-refractivity contribution is 7.92. The van der Waals surface area contributed by atoms with Crippen molar-refractivity contribution in [3.05, 3.63) is 41.5 Å². The number of nitrogens with zero attached hydrogens (tertiary/aromatic N) is 1. The molecule has 1 aliphatic heterocycles. The minimum absolute atomic E-state index is 0.148. The predicted molar refractivity (Wildman–Crippen MR) is 92.7 cm³/mol. The van der Waals surface area contributed by atoms with Crippen molar-refractivity contribution in [2.45, 2.75) is 37.5 Å². The van der Waals surface area contributed by atoms with Crippen molar-refractivity contribution in [1.82, 2.24) is 0 Å². The first-order valence-electron chi connectivity index (χ1n) is 7.56. The van der Waals surface area contributed by atoms with Crippen LogP contribution >= 0.6 is 0 Å². The Morgan fingerprint density at radius 1 is 1.42 bits per heavy atom. The third-order valence-electron chi connectivity index (χ3n) is 4.22. The Labute approximate surface area is 141 Å². The normalized spacial score (nSPS) is 20.5. The molecule has 0 aliphatic carbocycles. The summed E-state index contributed by atoms with van der Waals surface area (Å²) in [5.74, 6) is -1.38. The van der Waals surface area contributed by atoms with Gasteiger partial charge in [0.1, 0.15) is 6.10 Å². The number of hydrogen-bond acceptors (Lipinski definition) is 5. The lowest BCUT2D eigenvalue weighted by Crippen LogP contribution is -2.45. The highest BCUT2D eigenvalue weighted by Gasteiger charge is 2.47. The van der Waals surface area contributed by atoms with Gasteiger partial charge in [-0.1, -0.05) is 41.6 Å². The fourth-order valence-electron chi connectivity index (χ4n) is 2.52. The summed E-state index contributed by atoms with van der Waals surface area (Å²) in [6.45, 7) is 3.15. The Balaban J connectivity index is 2.10. The van der Waals surface area contributed by atoms with Crippen LogP contribution in [-0.4, -0.2) is 42.3 Å². The molecule has 24 heavy (non-hydrogen) atoms. The van der Waals surface area contributed by atoms with Crippen LogP contribution in [0.25, 0.3) is 6.08 Å². The Morgan fingerprint density at radius 2 is 2.04 bits per heavy atom. The summed E-state index contributed by atoms with van der Waals surface area (Å²) in [5, 5.41) is 13.3. The molecule has 0 saturated heterocycles. The molecular weight excluding hydrogens is 330 g/mol. The molecule has 7 heteroatoms. The van der Waals surface area contributed by atoms with Crippen molar-refractivity contribution in [2.24, 2.45) is 5.16 Å². The van der Waals surface area contributed by atoms with E-state index in [4.69, 9.17) is 4.84 Å². The summed E-state index contributed by atoms with van der Waals surface area (Å²) in [4.78, 5) is 16.7. The van der Waals surface area contributed by atoms with E-state index in [0.29, 0.717) is 12.1 Å². The zero-order valence-electron chi connectivity index (χ0n) is 13.9. The lowest BCUT2D eigenvalue weighted by Gasteiger charge is -2.24. The van der Waals surface area contributed by atoms with Crippen LogP contribution in [0.5, 0.6) is 0 Å². The Morgan fingerprint density at radius 3 is 2.54 bits per heavy atom. The quantitative estimate of drug-likeness (QED) is 0.850. The molecule has 1 N–H and O–H groups in total. The second-order valence-corrected chi connectivity index (χ2v) is 8.55. The van der Waals surface area contributed by atoms with E-state index in [1.807, 2.05) is 43.3 Å². The van der Waals surface area contributed by atoms with E-state index in [-0.39, 0.29) is 6.42 Å². The first-order valence-corrected chi connectivity index (χ1v) is 9.45. The van der Waals surface area contributed by atoms with Gasteiger partial charge in [-0.2, -0.15) is 0 Å². The second kappa shape index (κ2) is 6.76. The van der Waals surface area contributed by atoms with E-state index in [9.17, 15) is 18.3 Å². The van der Waals surface area contributed by atoms with Crippen molar-refractivity contribution < 1.29 is 23.2 Å². The SMILES string of the molecule is CC=Cc1ccc(C2=NO[C@@H](CC(C)(C(=O)O)S(C)(=O)=O)C2)cc1. The van der Waals surface area contributed by atoms with Crippen molar-refractivity contribution in [3.8, 4) is 0 Å². The lowest BCUT2D eigenvalue weighted by atomic mass is 9.97. The van der Waals surface area contributed by atoms with E-state index in [0.717, 1.165) is 17.4 Å². The van der Waals surface area contributed by atoms with Gasteiger partial charge in [-0.05, 0) is 25.0 Å². The molecule has 0 fully saturated rings. The van der Waals surface area contributed by atoms with Gasteiger partial charge in [-0.15, -0.1) is 0 Å². The van der Waals surface area contributed by atoms with Crippen LogP contribution in [-0.2, 0) is 19.5 Å². The summed E-state index contributed by atoms with van der Waals surface area (Å²) in [6.07, 6.45) is 4.50. The van der Waals surface area contributed by atoms with E-state index in [1.54, 1.807) is 0 Å². The molecule has 0 bridgehead atoms. The van der Waals surface area contributed by atoms with Crippen LogP contribution in [0.2, 0.25) is 0 Å². The largest absolute Gasteiger partial charge is 0.480 e. The first kappa shape index (κ1) is 18.2. The number of aliphatic carboxylic acids is 1. The van der Waals surface area contributed by atoms with Crippen LogP contribution in [0.1, 0.15) is 37.8 Å². The molecule has 6 nitrogen and oxygen atoms in total. The molecule has 0 saturated carbocycles. The molecule has 2 rings (SSSR count). The summed E-state index contributed by atoms with van der Waals surface area (Å²) in [7, 11) is -3.78. The number of allylic oxidation sites excluding steroid dienone is 1. The smallest absolute Gasteiger partial charge is 0.324 e. The molecule has 0 spiro atoms. The van der Waals surface area contributed by atoms with Crippen molar-refractivity contribution in [3.63, 3.8) is 0 Å². The number of sulfone groups is 1. The van der Waals surface area contributed by atoms with Gasteiger partial charge in [0.25, 0.3) is 0 Å². The number of carbonyl (C=O) groups is 1. The summed E-state index contributed by atoms with van der Waals surface area (Å²) in [5.41, 5.74) is 2.63. The topological polar surface area (TPSA) is 93.0 Å². The van der Waals surface area contributed by atoms with E-state index in [2.05, 4.69) is 5.16 Å². The highest BCUT2D eigenvalue weighted by atomic mass is 32.2. The number of benzene rings is 1. The van der Waals surface area contributed by atoms with E-state index in [1.165, 1.54) is 6.92 Å². The minimum Gasteiger partial charge on any atom is -0.480 e. The number of carboxylic acids is 1. The molecular formula is C17H21NO5S. The molecule has 130 valence electrons. The lowest BCUT2D eigenvalue weighted by molar-refractivity contribution is -0.140. The van der Waals surface area contributed by atoms with E-state index >= 15 is 0 Å². The maximum Gasteiger partial charge on any atom is 0.324 e. The number of hydrogen-bond donors (Lipinski definition) is 1. The molecule has 1 aromatic rings. The Hall–Kier alpha value is -2.15. The van der Waals surface area contributed by atoms with Crippen LogP contribution < -0.4 is 0 Å². The average Bonchev–Trinajstić information content (AvgIpc) is 2.95. The van der Waals surface area contributed by atoms with Gasteiger partial charge in [0, 0.05) is 19.1 Å². The second-order valence-electron chi connectivity index (χ2n) is 6.10. The van der Waals surface area contributed by atoms with Gasteiger partial charge in [0.15, 0.2) is 14.6 Å². The van der Waals surface area contributed by atoms with Gasteiger partial charge >= 0.3 is 5.97 Å². The number of carboxylic acid groups (broad SMARTS) is 1. The van der Waals surface area contributed by atoms with Crippen molar-refractivity contribution in [1.29, 1.82) is 0 Å². The fourth-order valence-corrected chi connectivity index (χ4v) is 3.32. The molecule has 0 aromatic heterocycles.